The molecule has 27 heavy (non-hydrogen) atoms. The Balaban J connectivity index is 1.47. The van der Waals surface area contributed by atoms with Gasteiger partial charge in [-0.15, -0.1) is 0 Å². The van der Waals surface area contributed by atoms with Crippen LogP contribution in [0.3, 0.4) is 0 Å². The molecule has 0 spiro atoms. The number of nitrogens with zero attached hydrogens (tertiary/aromatic N) is 2. The number of unbranched alkanes of at least 4 members (excludes halogenated alkanes) is 4. The van der Waals surface area contributed by atoms with Gasteiger partial charge in [-0.25, -0.2) is 9.97 Å². The number of aromatic nitrogens is 2. The molecule has 0 unspecified atom stereocenters. The first-order valence-corrected chi connectivity index (χ1v) is 10.8. The molecule has 3 rings (SSSR count). The molecule has 1 saturated carbocycles. The van der Waals surface area contributed by atoms with Gasteiger partial charge in [0.2, 0.25) is 0 Å². The van der Waals surface area contributed by atoms with E-state index in [1.807, 2.05) is 36.7 Å². The summed E-state index contributed by atoms with van der Waals surface area (Å²) in [5, 5.41) is 0. The maximum Gasteiger partial charge on any atom is 0.159 e. The number of hydrogen-bond acceptors (Lipinski definition) is 3. The van der Waals surface area contributed by atoms with Gasteiger partial charge < -0.3 is 4.74 Å². The Morgan fingerprint density at radius 1 is 0.889 bits per heavy atom. The summed E-state index contributed by atoms with van der Waals surface area (Å²) in [5.41, 5.74) is 2.35. The summed E-state index contributed by atoms with van der Waals surface area (Å²) in [5.74, 6) is 3.24. The van der Waals surface area contributed by atoms with Gasteiger partial charge in [-0.1, -0.05) is 45.4 Å². The molecule has 0 bridgehead atoms. The molecule has 0 atom stereocenters. The van der Waals surface area contributed by atoms with E-state index in [9.17, 15) is 0 Å². The molecular formula is C24H34N2O. The van der Waals surface area contributed by atoms with Crippen LogP contribution in [-0.2, 0) is 0 Å². The molecule has 3 nitrogen and oxygen atoms in total. The van der Waals surface area contributed by atoms with Gasteiger partial charge in [-0.05, 0) is 67.3 Å². The summed E-state index contributed by atoms with van der Waals surface area (Å²) in [6.45, 7) is 2.29. The van der Waals surface area contributed by atoms with Gasteiger partial charge >= 0.3 is 0 Å². The molecule has 1 heterocycles. The predicted octanol–water partition coefficient (Wildman–Crippen LogP) is 6.79. The van der Waals surface area contributed by atoms with E-state index < -0.39 is 0 Å². The molecule has 146 valence electrons. The highest BCUT2D eigenvalue weighted by Crippen LogP contribution is 2.37. The third-order valence-electron chi connectivity index (χ3n) is 6.05. The quantitative estimate of drug-likeness (QED) is 0.458. The average molecular weight is 367 g/mol. The van der Waals surface area contributed by atoms with Gasteiger partial charge in [0.25, 0.3) is 0 Å². The highest BCUT2D eigenvalue weighted by Gasteiger charge is 2.22. The number of benzene rings is 1. The van der Waals surface area contributed by atoms with E-state index >= 15 is 0 Å². The van der Waals surface area contributed by atoms with Crippen molar-refractivity contribution in [3.8, 4) is 17.1 Å². The van der Waals surface area contributed by atoms with Gasteiger partial charge in [-0.2, -0.15) is 0 Å². The van der Waals surface area contributed by atoms with Gasteiger partial charge in [0.1, 0.15) is 5.75 Å². The third kappa shape index (κ3) is 5.79. The van der Waals surface area contributed by atoms with E-state index in [2.05, 4.69) is 16.9 Å². The SMILES string of the molecule is CCCCCCC[C@H]1CC[C@H](c2cnc(-c3ccc(OC)cc3)nc2)CC1. The van der Waals surface area contributed by atoms with Crippen LogP contribution >= 0.6 is 0 Å². The molecule has 0 amide bonds. The van der Waals surface area contributed by atoms with Crippen LogP contribution in [0.1, 0.15) is 82.6 Å². The van der Waals surface area contributed by atoms with Crippen LogP contribution in [0, 0.1) is 5.92 Å². The Bertz CT molecular complexity index is 658. The van der Waals surface area contributed by atoms with Crippen molar-refractivity contribution in [1.82, 2.24) is 9.97 Å². The second kappa shape index (κ2) is 10.4. The van der Waals surface area contributed by atoms with Crippen molar-refractivity contribution >= 4 is 0 Å². The minimum absolute atomic E-state index is 0.645. The van der Waals surface area contributed by atoms with Crippen LogP contribution < -0.4 is 4.74 Å². The normalized spacial score (nSPS) is 19.8. The summed E-state index contributed by atoms with van der Waals surface area (Å²) in [6, 6.07) is 7.94. The number of methoxy groups -OCH3 is 1. The Morgan fingerprint density at radius 2 is 1.56 bits per heavy atom. The first-order valence-electron chi connectivity index (χ1n) is 10.8. The van der Waals surface area contributed by atoms with Crippen LogP contribution in [0.4, 0.5) is 0 Å². The molecule has 1 aliphatic carbocycles. The van der Waals surface area contributed by atoms with Crippen molar-refractivity contribution in [2.45, 2.75) is 77.0 Å². The van der Waals surface area contributed by atoms with Crippen LogP contribution in [0.5, 0.6) is 5.75 Å². The first kappa shape index (κ1) is 19.9. The average Bonchev–Trinajstić information content (AvgIpc) is 2.74. The van der Waals surface area contributed by atoms with E-state index in [-0.39, 0.29) is 0 Å². The maximum atomic E-state index is 5.21. The van der Waals surface area contributed by atoms with Crippen LogP contribution in [0.15, 0.2) is 36.7 Å². The van der Waals surface area contributed by atoms with Gasteiger partial charge in [0.05, 0.1) is 7.11 Å². The van der Waals surface area contributed by atoms with E-state index in [4.69, 9.17) is 4.74 Å². The lowest BCUT2D eigenvalue weighted by atomic mass is 9.77. The molecule has 3 heteroatoms. The maximum absolute atomic E-state index is 5.21. The fourth-order valence-corrected chi connectivity index (χ4v) is 4.26. The largest absolute Gasteiger partial charge is 0.497 e. The van der Waals surface area contributed by atoms with E-state index in [0.29, 0.717) is 5.92 Å². The number of hydrogen-bond donors (Lipinski definition) is 0. The minimum Gasteiger partial charge on any atom is -0.497 e. The van der Waals surface area contributed by atoms with E-state index in [0.717, 1.165) is 23.1 Å². The Kier molecular flexibility index (Phi) is 7.67. The minimum atomic E-state index is 0.645. The van der Waals surface area contributed by atoms with Crippen LogP contribution in [-0.4, -0.2) is 17.1 Å². The molecule has 0 aliphatic heterocycles. The summed E-state index contributed by atoms with van der Waals surface area (Å²) in [6.07, 6.45) is 17.9. The van der Waals surface area contributed by atoms with E-state index in [1.165, 1.54) is 69.8 Å². The predicted molar refractivity (Wildman–Crippen MR) is 112 cm³/mol. The zero-order chi connectivity index (χ0) is 18.9. The van der Waals surface area contributed by atoms with E-state index in [1.54, 1.807) is 7.11 Å². The molecule has 0 N–H and O–H groups in total. The number of rotatable bonds is 9. The molecule has 0 saturated heterocycles. The lowest BCUT2D eigenvalue weighted by molar-refractivity contribution is 0.301. The van der Waals surface area contributed by atoms with Crippen LogP contribution in [0.25, 0.3) is 11.4 Å². The fraction of sp³-hybridized carbons (Fsp3) is 0.583. The van der Waals surface area contributed by atoms with Crippen molar-refractivity contribution in [3.05, 3.63) is 42.2 Å². The van der Waals surface area contributed by atoms with Gasteiger partial charge in [-0.3, -0.25) is 0 Å². The van der Waals surface area contributed by atoms with Crippen LogP contribution in [0.2, 0.25) is 0 Å². The Labute approximate surface area is 164 Å². The van der Waals surface area contributed by atoms with Crippen molar-refractivity contribution in [3.63, 3.8) is 0 Å². The van der Waals surface area contributed by atoms with Crippen molar-refractivity contribution in [1.29, 1.82) is 0 Å². The third-order valence-corrected chi connectivity index (χ3v) is 6.05. The van der Waals surface area contributed by atoms with Crippen molar-refractivity contribution in [2.75, 3.05) is 7.11 Å². The zero-order valence-corrected chi connectivity index (χ0v) is 17.0. The summed E-state index contributed by atoms with van der Waals surface area (Å²) >= 11 is 0. The monoisotopic (exact) mass is 366 g/mol. The molecule has 1 fully saturated rings. The lowest BCUT2D eigenvalue weighted by Gasteiger charge is -2.28. The summed E-state index contributed by atoms with van der Waals surface area (Å²) in [4.78, 5) is 9.25. The molecule has 2 aromatic rings. The number of ether oxygens (including phenoxy) is 1. The molecule has 1 aliphatic rings. The second-order valence-electron chi connectivity index (χ2n) is 7.99. The fourth-order valence-electron chi connectivity index (χ4n) is 4.26. The molecule has 1 aromatic carbocycles. The zero-order valence-electron chi connectivity index (χ0n) is 17.0. The molecule has 1 aromatic heterocycles. The highest BCUT2D eigenvalue weighted by atomic mass is 16.5. The first-order chi connectivity index (χ1) is 13.3. The highest BCUT2D eigenvalue weighted by molar-refractivity contribution is 5.55. The summed E-state index contributed by atoms with van der Waals surface area (Å²) in [7, 11) is 1.68. The topological polar surface area (TPSA) is 35.0 Å². The smallest absolute Gasteiger partial charge is 0.159 e. The second-order valence-corrected chi connectivity index (χ2v) is 7.99. The van der Waals surface area contributed by atoms with Gasteiger partial charge in [0.15, 0.2) is 5.82 Å². The molecular weight excluding hydrogens is 332 g/mol. The standard InChI is InChI=1S/C24H34N2O/c1-3-4-5-6-7-8-19-9-11-20(12-10-19)22-17-25-24(26-18-22)21-13-15-23(27-2)16-14-21/h13-20H,3-12H2,1-2H3/t19-,20-. The lowest BCUT2D eigenvalue weighted by Crippen LogP contribution is -2.14. The van der Waals surface area contributed by atoms with Crippen molar-refractivity contribution in [2.24, 2.45) is 5.92 Å². The Hall–Kier alpha value is -1.90. The Morgan fingerprint density at radius 3 is 2.19 bits per heavy atom. The summed E-state index contributed by atoms with van der Waals surface area (Å²) < 4.78 is 5.21. The molecule has 0 radical (unpaired) electrons. The van der Waals surface area contributed by atoms with Gasteiger partial charge in [0, 0.05) is 18.0 Å². The van der Waals surface area contributed by atoms with Crippen molar-refractivity contribution < 1.29 is 4.74 Å².